The third kappa shape index (κ3) is 17.7. The molecule has 0 N–H and O–H groups in total. The van der Waals surface area contributed by atoms with E-state index in [-0.39, 0.29) is 12.1 Å². The third-order valence-electron chi connectivity index (χ3n) is 12.4. The van der Waals surface area contributed by atoms with E-state index < -0.39 is 0 Å². The molecular weight excluding hydrogens is 562 g/mol. The van der Waals surface area contributed by atoms with Gasteiger partial charge in [-0.3, -0.25) is 4.79 Å². The first-order valence-corrected chi connectivity index (χ1v) is 21.3. The lowest BCUT2D eigenvalue weighted by Gasteiger charge is -2.28. The van der Waals surface area contributed by atoms with Gasteiger partial charge in [0.05, 0.1) is 0 Å². The number of carbonyl (C=O) groups excluding carboxylic acids is 1. The van der Waals surface area contributed by atoms with Gasteiger partial charge in [0.1, 0.15) is 6.10 Å². The zero-order valence-electron chi connectivity index (χ0n) is 31.9. The highest BCUT2D eigenvalue weighted by Crippen LogP contribution is 2.48. The van der Waals surface area contributed by atoms with Gasteiger partial charge >= 0.3 is 5.97 Å². The van der Waals surface area contributed by atoms with E-state index in [1.807, 2.05) is 0 Å². The molecule has 3 saturated carbocycles. The lowest BCUT2D eigenvalue weighted by molar-refractivity contribution is -0.153. The van der Waals surface area contributed by atoms with Gasteiger partial charge in [-0.2, -0.15) is 0 Å². The van der Waals surface area contributed by atoms with Gasteiger partial charge < -0.3 is 9.64 Å². The van der Waals surface area contributed by atoms with E-state index in [4.69, 9.17) is 4.74 Å². The standard InChI is InChI=1S/C43H81NO2/c1-6-9-13-21-36-32-39(36)26-18-24-35(25-19-27-40-33-37(40)22-14-10-7-2)42(46-43(45)30-16-12-17-31-44(4)5)29-20-28-41-34-38(41)23-15-11-8-3/h35-42H,6-34H2,1-5H3. The average Bonchev–Trinajstić information content (AvgIpc) is 3.95. The first-order chi connectivity index (χ1) is 22.4. The summed E-state index contributed by atoms with van der Waals surface area (Å²) in [5.41, 5.74) is 0. The minimum Gasteiger partial charge on any atom is -0.462 e. The van der Waals surface area contributed by atoms with Crippen LogP contribution < -0.4 is 0 Å². The van der Waals surface area contributed by atoms with Crippen LogP contribution >= 0.6 is 0 Å². The summed E-state index contributed by atoms with van der Waals surface area (Å²) in [6, 6.07) is 0. The van der Waals surface area contributed by atoms with Crippen LogP contribution in [-0.4, -0.2) is 37.6 Å². The highest BCUT2D eigenvalue weighted by Gasteiger charge is 2.38. The lowest BCUT2D eigenvalue weighted by atomic mass is 9.86. The van der Waals surface area contributed by atoms with Crippen molar-refractivity contribution < 1.29 is 9.53 Å². The Kier molecular flexibility index (Phi) is 20.6. The Morgan fingerprint density at radius 1 is 0.543 bits per heavy atom. The van der Waals surface area contributed by atoms with Gasteiger partial charge in [-0.25, -0.2) is 0 Å². The van der Waals surface area contributed by atoms with Crippen LogP contribution in [0.3, 0.4) is 0 Å². The molecule has 3 heteroatoms. The van der Waals surface area contributed by atoms with Crippen molar-refractivity contribution in [2.75, 3.05) is 20.6 Å². The lowest BCUT2D eigenvalue weighted by Crippen LogP contribution is -2.27. The molecule has 3 fully saturated rings. The largest absolute Gasteiger partial charge is 0.462 e. The van der Waals surface area contributed by atoms with Crippen molar-refractivity contribution in [1.82, 2.24) is 4.90 Å². The maximum Gasteiger partial charge on any atom is 0.306 e. The zero-order chi connectivity index (χ0) is 33.0. The van der Waals surface area contributed by atoms with E-state index in [0.717, 1.165) is 61.3 Å². The number of nitrogens with zero attached hydrogens (tertiary/aromatic N) is 1. The van der Waals surface area contributed by atoms with Crippen LogP contribution in [0.4, 0.5) is 0 Å². The summed E-state index contributed by atoms with van der Waals surface area (Å²) < 4.78 is 6.52. The second-order valence-corrected chi connectivity index (χ2v) is 16.9. The Bertz CT molecular complexity index is 736. The van der Waals surface area contributed by atoms with E-state index in [1.165, 1.54) is 154 Å². The van der Waals surface area contributed by atoms with Crippen molar-refractivity contribution in [1.29, 1.82) is 0 Å². The molecule has 3 aliphatic carbocycles. The van der Waals surface area contributed by atoms with Crippen LogP contribution in [-0.2, 0) is 9.53 Å². The molecule has 7 unspecified atom stereocenters. The number of hydrogen-bond acceptors (Lipinski definition) is 3. The maximum atomic E-state index is 13.3. The van der Waals surface area contributed by atoms with E-state index in [1.54, 1.807) is 0 Å². The first kappa shape index (κ1) is 39.9. The minimum absolute atomic E-state index is 0.0973. The van der Waals surface area contributed by atoms with Crippen molar-refractivity contribution in [2.24, 2.45) is 41.4 Å². The summed E-state index contributed by atoms with van der Waals surface area (Å²) >= 11 is 0. The Hall–Kier alpha value is -0.570. The minimum atomic E-state index is 0.0973. The molecule has 3 aliphatic rings. The second kappa shape index (κ2) is 23.7. The highest BCUT2D eigenvalue weighted by atomic mass is 16.5. The smallest absolute Gasteiger partial charge is 0.306 e. The van der Waals surface area contributed by atoms with Crippen molar-refractivity contribution in [3.63, 3.8) is 0 Å². The van der Waals surface area contributed by atoms with Crippen LogP contribution in [0, 0.1) is 41.4 Å². The molecule has 0 amide bonds. The summed E-state index contributed by atoms with van der Waals surface area (Å²) in [6.07, 6.45) is 37.3. The molecular formula is C43H81NO2. The maximum absolute atomic E-state index is 13.3. The van der Waals surface area contributed by atoms with Gasteiger partial charge in [-0.1, -0.05) is 136 Å². The Balaban J connectivity index is 1.50. The molecule has 3 nitrogen and oxygen atoms in total. The topological polar surface area (TPSA) is 29.5 Å². The first-order valence-electron chi connectivity index (χ1n) is 21.3. The highest BCUT2D eigenvalue weighted by molar-refractivity contribution is 5.69. The fourth-order valence-electron chi connectivity index (χ4n) is 8.90. The fourth-order valence-corrected chi connectivity index (χ4v) is 8.90. The quantitative estimate of drug-likeness (QED) is 0.0539. The number of rotatable bonds is 32. The molecule has 0 aliphatic heterocycles. The van der Waals surface area contributed by atoms with Crippen molar-refractivity contribution in [2.45, 2.75) is 207 Å². The predicted molar refractivity (Wildman–Crippen MR) is 199 cm³/mol. The predicted octanol–water partition coefficient (Wildman–Crippen LogP) is 12.8. The molecule has 0 aromatic rings. The number of carbonyl (C=O) groups is 1. The molecule has 0 spiro atoms. The third-order valence-corrected chi connectivity index (χ3v) is 12.4. The summed E-state index contributed by atoms with van der Waals surface area (Å²) in [5, 5.41) is 0. The molecule has 46 heavy (non-hydrogen) atoms. The van der Waals surface area contributed by atoms with Gasteiger partial charge in [-0.05, 0) is 120 Å². The van der Waals surface area contributed by atoms with E-state index >= 15 is 0 Å². The number of esters is 1. The Morgan fingerprint density at radius 2 is 0.957 bits per heavy atom. The molecule has 0 saturated heterocycles. The summed E-state index contributed by atoms with van der Waals surface area (Å²) in [5.74, 6) is 6.67. The van der Waals surface area contributed by atoms with Crippen molar-refractivity contribution in [3.05, 3.63) is 0 Å². The number of ether oxygens (including phenoxy) is 1. The second-order valence-electron chi connectivity index (χ2n) is 16.9. The summed E-state index contributed by atoms with van der Waals surface area (Å²) in [4.78, 5) is 15.5. The Labute approximate surface area is 288 Å². The van der Waals surface area contributed by atoms with Crippen LogP contribution in [0.25, 0.3) is 0 Å². The molecule has 0 radical (unpaired) electrons. The molecule has 0 aromatic carbocycles. The monoisotopic (exact) mass is 644 g/mol. The SMILES string of the molecule is CCCCCC1CC1CCCC(CCCC1CC1CCCCC)C(CCCC1CC1CCCCC)OC(=O)CCCCCN(C)C. The van der Waals surface area contributed by atoms with Crippen molar-refractivity contribution in [3.8, 4) is 0 Å². The molecule has 0 aromatic heterocycles. The Morgan fingerprint density at radius 3 is 1.37 bits per heavy atom. The van der Waals surface area contributed by atoms with Gasteiger partial charge in [0.15, 0.2) is 0 Å². The average molecular weight is 644 g/mol. The van der Waals surface area contributed by atoms with Crippen LogP contribution in [0.15, 0.2) is 0 Å². The molecule has 0 heterocycles. The zero-order valence-corrected chi connectivity index (χ0v) is 31.9. The van der Waals surface area contributed by atoms with Gasteiger partial charge in [0.25, 0.3) is 0 Å². The van der Waals surface area contributed by atoms with Crippen LogP contribution in [0.1, 0.15) is 201 Å². The van der Waals surface area contributed by atoms with Gasteiger partial charge in [0.2, 0.25) is 0 Å². The number of unbranched alkanes of at least 4 members (excludes halogenated alkanes) is 8. The van der Waals surface area contributed by atoms with E-state index in [9.17, 15) is 4.79 Å². The van der Waals surface area contributed by atoms with Crippen molar-refractivity contribution >= 4 is 5.97 Å². The van der Waals surface area contributed by atoms with Gasteiger partial charge in [-0.15, -0.1) is 0 Å². The molecule has 0 bridgehead atoms. The molecule has 270 valence electrons. The van der Waals surface area contributed by atoms with E-state index in [0.29, 0.717) is 12.3 Å². The molecule has 3 rings (SSSR count). The normalized spacial score (nSPS) is 26.3. The molecule has 7 atom stereocenters. The summed E-state index contributed by atoms with van der Waals surface area (Å²) in [7, 11) is 4.28. The van der Waals surface area contributed by atoms with Gasteiger partial charge in [0, 0.05) is 6.42 Å². The number of hydrogen-bond donors (Lipinski definition) is 0. The van der Waals surface area contributed by atoms with Crippen LogP contribution in [0.2, 0.25) is 0 Å². The van der Waals surface area contributed by atoms with Crippen LogP contribution in [0.5, 0.6) is 0 Å². The summed E-state index contributed by atoms with van der Waals surface area (Å²) in [6.45, 7) is 8.08. The van der Waals surface area contributed by atoms with E-state index in [2.05, 4.69) is 39.8 Å². The fraction of sp³-hybridized carbons (Fsp3) is 0.977.